The Bertz CT molecular complexity index is 469. The first-order valence-electron chi connectivity index (χ1n) is 4.64. The topological polar surface area (TPSA) is 35.2 Å². The van der Waals surface area contributed by atoms with Crippen LogP contribution in [0.3, 0.4) is 0 Å². The Kier molecular flexibility index (Phi) is 3.00. The molecule has 2 rings (SSSR count). The summed E-state index contributed by atoms with van der Waals surface area (Å²) in [5, 5.41) is 0.904. The lowest BCUT2D eigenvalue weighted by Gasteiger charge is -2.06. The minimum Gasteiger partial charge on any atom is -0.383 e. The first-order chi connectivity index (χ1) is 7.20. The van der Waals surface area contributed by atoms with Gasteiger partial charge in [0, 0.05) is 16.7 Å². The van der Waals surface area contributed by atoms with Crippen molar-refractivity contribution in [3.05, 3.63) is 35.0 Å². The fourth-order valence-corrected chi connectivity index (χ4v) is 2.51. The maximum Gasteiger partial charge on any atom is 0.123 e. The van der Waals surface area contributed by atoms with Gasteiger partial charge < -0.3 is 10.5 Å². The van der Waals surface area contributed by atoms with E-state index >= 15 is 0 Å². The number of methoxy groups -OCH3 is 1. The van der Waals surface area contributed by atoms with Gasteiger partial charge >= 0.3 is 0 Å². The van der Waals surface area contributed by atoms with Gasteiger partial charge in [0.1, 0.15) is 5.82 Å². The Morgan fingerprint density at radius 1 is 1.47 bits per heavy atom. The Labute approximate surface area is 91.5 Å². The van der Waals surface area contributed by atoms with Crippen molar-refractivity contribution >= 4 is 21.4 Å². The van der Waals surface area contributed by atoms with Gasteiger partial charge in [-0.15, -0.1) is 11.3 Å². The molecule has 0 radical (unpaired) electrons. The average molecular weight is 225 g/mol. The van der Waals surface area contributed by atoms with Crippen molar-refractivity contribution in [1.29, 1.82) is 0 Å². The number of benzene rings is 1. The fourth-order valence-electron chi connectivity index (χ4n) is 1.48. The summed E-state index contributed by atoms with van der Waals surface area (Å²) in [4.78, 5) is 1.03. The van der Waals surface area contributed by atoms with Crippen molar-refractivity contribution in [1.82, 2.24) is 0 Å². The van der Waals surface area contributed by atoms with E-state index < -0.39 is 0 Å². The molecule has 1 aromatic carbocycles. The van der Waals surface area contributed by atoms with E-state index in [1.54, 1.807) is 24.5 Å². The molecule has 1 aromatic heterocycles. The summed E-state index contributed by atoms with van der Waals surface area (Å²) >= 11 is 1.58. The monoisotopic (exact) mass is 225 g/mol. The van der Waals surface area contributed by atoms with E-state index in [1.165, 1.54) is 12.1 Å². The number of hydrogen-bond donors (Lipinski definition) is 1. The van der Waals surface area contributed by atoms with Gasteiger partial charge in [-0.25, -0.2) is 4.39 Å². The van der Waals surface area contributed by atoms with Gasteiger partial charge in [-0.05, 0) is 29.7 Å². The molecule has 2 nitrogen and oxygen atoms in total. The normalized spacial score (nSPS) is 13.3. The van der Waals surface area contributed by atoms with Crippen LogP contribution >= 0.6 is 11.3 Å². The Balaban J connectivity index is 2.38. The average Bonchev–Trinajstić information content (AvgIpc) is 2.60. The lowest BCUT2D eigenvalue weighted by Crippen LogP contribution is -2.14. The highest BCUT2D eigenvalue weighted by atomic mass is 32.1. The lowest BCUT2D eigenvalue weighted by molar-refractivity contribution is 0.182. The third kappa shape index (κ3) is 2.17. The molecule has 0 aliphatic carbocycles. The summed E-state index contributed by atoms with van der Waals surface area (Å²) in [6.07, 6.45) is 0. The van der Waals surface area contributed by atoms with Crippen LogP contribution in [0.2, 0.25) is 0 Å². The standard InChI is InChI=1S/C11H12FNOS/c1-14-6-9(13)11-5-7-4-8(12)2-3-10(7)15-11/h2-5,9H,6,13H2,1H3. The Morgan fingerprint density at radius 3 is 3.00 bits per heavy atom. The second-order valence-corrected chi connectivity index (χ2v) is 4.51. The molecule has 2 N–H and O–H groups in total. The van der Waals surface area contributed by atoms with Crippen LogP contribution in [0.5, 0.6) is 0 Å². The molecule has 2 aromatic rings. The molecule has 4 heteroatoms. The highest BCUT2D eigenvalue weighted by Gasteiger charge is 2.09. The molecule has 0 saturated carbocycles. The number of nitrogens with two attached hydrogens (primary N) is 1. The minimum absolute atomic E-state index is 0.129. The third-order valence-electron chi connectivity index (χ3n) is 2.21. The van der Waals surface area contributed by atoms with E-state index in [4.69, 9.17) is 10.5 Å². The number of rotatable bonds is 3. The van der Waals surface area contributed by atoms with Crippen LogP contribution in [0, 0.1) is 5.82 Å². The zero-order valence-corrected chi connectivity index (χ0v) is 9.18. The summed E-state index contributed by atoms with van der Waals surface area (Å²) in [5.41, 5.74) is 5.90. The molecule has 1 atom stereocenters. The molecule has 80 valence electrons. The van der Waals surface area contributed by atoms with Gasteiger partial charge in [-0.3, -0.25) is 0 Å². The summed E-state index contributed by atoms with van der Waals surface area (Å²) in [6, 6.07) is 6.56. The van der Waals surface area contributed by atoms with Crippen molar-refractivity contribution in [2.24, 2.45) is 5.73 Å². The smallest absolute Gasteiger partial charge is 0.123 e. The predicted octanol–water partition coefficient (Wildman–Crippen LogP) is 2.69. The van der Waals surface area contributed by atoms with E-state index in [-0.39, 0.29) is 11.9 Å². The molecular weight excluding hydrogens is 213 g/mol. The molecule has 0 fully saturated rings. The van der Waals surface area contributed by atoms with Gasteiger partial charge in [0.25, 0.3) is 0 Å². The van der Waals surface area contributed by atoms with E-state index in [9.17, 15) is 4.39 Å². The summed E-state index contributed by atoms with van der Waals surface area (Å²) in [5.74, 6) is -0.216. The Morgan fingerprint density at radius 2 is 2.27 bits per heavy atom. The molecule has 0 aliphatic rings. The second kappa shape index (κ2) is 4.26. The summed E-state index contributed by atoms with van der Waals surface area (Å²) < 4.78 is 19.0. The van der Waals surface area contributed by atoms with Gasteiger partial charge in [0.05, 0.1) is 12.6 Å². The van der Waals surface area contributed by atoms with Crippen LogP contribution in [0.1, 0.15) is 10.9 Å². The van der Waals surface area contributed by atoms with E-state index in [0.29, 0.717) is 6.61 Å². The molecule has 0 spiro atoms. The molecule has 15 heavy (non-hydrogen) atoms. The highest BCUT2D eigenvalue weighted by molar-refractivity contribution is 7.19. The maximum atomic E-state index is 12.9. The summed E-state index contributed by atoms with van der Waals surface area (Å²) in [7, 11) is 1.62. The maximum absolute atomic E-state index is 12.9. The van der Waals surface area contributed by atoms with E-state index in [2.05, 4.69) is 0 Å². The molecule has 1 unspecified atom stereocenters. The lowest BCUT2D eigenvalue weighted by atomic mass is 10.2. The summed E-state index contributed by atoms with van der Waals surface area (Å²) in [6.45, 7) is 0.481. The number of halogens is 1. The van der Waals surface area contributed by atoms with Gasteiger partial charge in [0.2, 0.25) is 0 Å². The number of ether oxygens (including phenoxy) is 1. The van der Waals surface area contributed by atoms with E-state index in [1.807, 2.05) is 6.07 Å². The van der Waals surface area contributed by atoms with Crippen LogP contribution in [0.15, 0.2) is 24.3 Å². The van der Waals surface area contributed by atoms with Crippen LogP contribution in [0.4, 0.5) is 4.39 Å². The van der Waals surface area contributed by atoms with Crippen molar-refractivity contribution < 1.29 is 9.13 Å². The van der Waals surface area contributed by atoms with Gasteiger partial charge in [-0.2, -0.15) is 0 Å². The first kappa shape index (κ1) is 10.5. The van der Waals surface area contributed by atoms with Gasteiger partial charge in [0.15, 0.2) is 0 Å². The SMILES string of the molecule is COCC(N)c1cc2cc(F)ccc2s1. The van der Waals surface area contributed by atoms with Crippen molar-refractivity contribution in [3.8, 4) is 0 Å². The number of thiophene rings is 1. The predicted molar refractivity (Wildman–Crippen MR) is 60.6 cm³/mol. The molecule has 1 heterocycles. The molecule has 0 amide bonds. The molecule has 0 aliphatic heterocycles. The van der Waals surface area contributed by atoms with Crippen LogP contribution < -0.4 is 5.73 Å². The second-order valence-electron chi connectivity index (χ2n) is 3.39. The zero-order chi connectivity index (χ0) is 10.8. The van der Waals surface area contributed by atoms with Crippen LogP contribution in [-0.2, 0) is 4.74 Å². The molecule has 0 saturated heterocycles. The quantitative estimate of drug-likeness (QED) is 0.871. The fraction of sp³-hybridized carbons (Fsp3) is 0.273. The largest absolute Gasteiger partial charge is 0.383 e. The molecular formula is C11H12FNOS. The van der Waals surface area contributed by atoms with Crippen molar-refractivity contribution in [2.75, 3.05) is 13.7 Å². The number of fused-ring (bicyclic) bond motifs is 1. The van der Waals surface area contributed by atoms with Crippen LogP contribution in [0.25, 0.3) is 10.1 Å². The van der Waals surface area contributed by atoms with Crippen LogP contribution in [-0.4, -0.2) is 13.7 Å². The zero-order valence-electron chi connectivity index (χ0n) is 8.37. The van der Waals surface area contributed by atoms with Crippen molar-refractivity contribution in [3.63, 3.8) is 0 Å². The van der Waals surface area contributed by atoms with Crippen molar-refractivity contribution in [2.45, 2.75) is 6.04 Å². The Hall–Kier alpha value is -0.970. The van der Waals surface area contributed by atoms with E-state index in [0.717, 1.165) is 15.0 Å². The van der Waals surface area contributed by atoms with Gasteiger partial charge in [-0.1, -0.05) is 0 Å². The highest BCUT2D eigenvalue weighted by Crippen LogP contribution is 2.29. The third-order valence-corrected chi connectivity index (χ3v) is 3.46. The first-order valence-corrected chi connectivity index (χ1v) is 5.46. The number of hydrogen-bond acceptors (Lipinski definition) is 3. The molecule has 0 bridgehead atoms. The minimum atomic E-state index is -0.216.